The standard InChI is InChI=1S/C13H20N2O2.ClH/c1-10-5-4-6-12(7-10)17-9-13(16)15(3)11(2)8-14;/h4-7,11H,8-9,14H2,1-3H3;1H. The van der Waals surface area contributed by atoms with Crippen LogP contribution in [0.3, 0.4) is 0 Å². The lowest BCUT2D eigenvalue weighted by molar-refractivity contribution is -0.133. The van der Waals surface area contributed by atoms with E-state index in [2.05, 4.69) is 0 Å². The van der Waals surface area contributed by atoms with Gasteiger partial charge in [0.25, 0.3) is 5.91 Å². The van der Waals surface area contributed by atoms with Gasteiger partial charge in [-0.1, -0.05) is 12.1 Å². The minimum absolute atomic E-state index is 0. The number of hydrogen-bond acceptors (Lipinski definition) is 3. The summed E-state index contributed by atoms with van der Waals surface area (Å²) in [6.45, 7) is 4.39. The molecule has 0 spiro atoms. The normalized spacial score (nSPS) is 11.3. The van der Waals surface area contributed by atoms with Crippen LogP contribution in [-0.4, -0.2) is 37.0 Å². The number of nitrogens with zero attached hydrogens (tertiary/aromatic N) is 1. The minimum atomic E-state index is -0.0653. The van der Waals surface area contributed by atoms with Crippen molar-refractivity contribution in [2.24, 2.45) is 5.73 Å². The number of benzene rings is 1. The van der Waals surface area contributed by atoms with Gasteiger partial charge in [-0.3, -0.25) is 4.79 Å². The molecule has 0 aliphatic carbocycles. The number of carbonyl (C=O) groups is 1. The maximum Gasteiger partial charge on any atom is 0.260 e. The minimum Gasteiger partial charge on any atom is -0.484 e. The van der Waals surface area contributed by atoms with Crippen LogP contribution in [0.1, 0.15) is 12.5 Å². The van der Waals surface area contributed by atoms with Crippen LogP contribution < -0.4 is 10.5 Å². The Bertz CT molecular complexity index is 385. The number of halogens is 1. The molecule has 1 rings (SSSR count). The van der Waals surface area contributed by atoms with Crippen molar-refractivity contribution in [3.8, 4) is 5.75 Å². The van der Waals surface area contributed by atoms with E-state index in [1.54, 1.807) is 11.9 Å². The Balaban J connectivity index is 0.00000289. The molecule has 0 aliphatic rings. The molecule has 0 aromatic heterocycles. The molecule has 1 amide bonds. The van der Waals surface area contributed by atoms with Crippen molar-refractivity contribution in [1.82, 2.24) is 4.90 Å². The fourth-order valence-corrected chi connectivity index (χ4v) is 1.36. The first-order valence-electron chi connectivity index (χ1n) is 5.69. The van der Waals surface area contributed by atoms with Gasteiger partial charge in [-0.15, -0.1) is 12.4 Å². The Morgan fingerprint density at radius 3 is 2.72 bits per heavy atom. The van der Waals surface area contributed by atoms with E-state index in [0.29, 0.717) is 12.3 Å². The Morgan fingerprint density at radius 2 is 2.17 bits per heavy atom. The van der Waals surface area contributed by atoms with Crippen molar-refractivity contribution >= 4 is 18.3 Å². The van der Waals surface area contributed by atoms with E-state index in [4.69, 9.17) is 10.5 Å². The average molecular weight is 273 g/mol. The molecule has 2 N–H and O–H groups in total. The summed E-state index contributed by atoms with van der Waals surface area (Å²) in [6, 6.07) is 7.66. The van der Waals surface area contributed by atoms with Gasteiger partial charge in [-0.25, -0.2) is 0 Å². The van der Waals surface area contributed by atoms with Crippen molar-refractivity contribution in [2.75, 3.05) is 20.2 Å². The highest BCUT2D eigenvalue weighted by Gasteiger charge is 2.14. The van der Waals surface area contributed by atoms with Gasteiger partial charge >= 0.3 is 0 Å². The van der Waals surface area contributed by atoms with E-state index in [-0.39, 0.29) is 31.0 Å². The third kappa shape index (κ3) is 4.94. The van der Waals surface area contributed by atoms with Crippen LogP contribution >= 0.6 is 12.4 Å². The molecule has 102 valence electrons. The number of likely N-dealkylation sites (N-methyl/N-ethyl adjacent to an activating group) is 1. The third-order valence-electron chi connectivity index (χ3n) is 2.75. The monoisotopic (exact) mass is 272 g/mol. The molecule has 0 heterocycles. The molecule has 0 saturated heterocycles. The van der Waals surface area contributed by atoms with E-state index >= 15 is 0 Å². The van der Waals surface area contributed by atoms with Gasteiger partial charge in [-0.05, 0) is 31.5 Å². The lowest BCUT2D eigenvalue weighted by atomic mass is 10.2. The fraction of sp³-hybridized carbons (Fsp3) is 0.462. The number of ether oxygens (including phenoxy) is 1. The second kappa shape index (κ2) is 7.95. The molecule has 1 aromatic carbocycles. The van der Waals surface area contributed by atoms with Crippen LogP contribution in [0.25, 0.3) is 0 Å². The van der Waals surface area contributed by atoms with Crippen molar-refractivity contribution in [2.45, 2.75) is 19.9 Å². The number of nitrogens with two attached hydrogens (primary N) is 1. The van der Waals surface area contributed by atoms with E-state index in [9.17, 15) is 4.79 Å². The maximum absolute atomic E-state index is 11.7. The molecular weight excluding hydrogens is 252 g/mol. The van der Waals surface area contributed by atoms with Crippen molar-refractivity contribution in [1.29, 1.82) is 0 Å². The summed E-state index contributed by atoms with van der Waals surface area (Å²) >= 11 is 0. The van der Waals surface area contributed by atoms with Crippen LogP contribution in [-0.2, 0) is 4.79 Å². The Kier molecular flexibility index (Phi) is 7.39. The van der Waals surface area contributed by atoms with E-state index < -0.39 is 0 Å². The highest BCUT2D eigenvalue weighted by atomic mass is 35.5. The molecule has 18 heavy (non-hydrogen) atoms. The first-order valence-corrected chi connectivity index (χ1v) is 5.69. The maximum atomic E-state index is 11.7. The Hall–Kier alpha value is -1.26. The largest absolute Gasteiger partial charge is 0.484 e. The zero-order valence-corrected chi connectivity index (χ0v) is 11.9. The third-order valence-corrected chi connectivity index (χ3v) is 2.75. The van der Waals surface area contributed by atoms with Crippen LogP contribution in [0, 0.1) is 6.92 Å². The van der Waals surface area contributed by atoms with Crippen LogP contribution in [0.2, 0.25) is 0 Å². The Morgan fingerprint density at radius 1 is 1.50 bits per heavy atom. The SMILES string of the molecule is Cc1cccc(OCC(=O)N(C)C(C)CN)c1.Cl. The predicted molar refractivity (Wildman–Crippen MR) is 75.2 cm³/mol. The summed E-state index contributed by atoms with van der Waals surface area (Å²) in [5.74, 6) is 0.650. The molecule has 0 saturated carbocycles. The van der Waals surface area contributed by atoms with E-state index in [0.717, 1.165) is 5.56 Å². The molecule has 1 unspecified atom stereocenters. The van der Waals surface area contributed by atoms with Gasteiger partial charge in [0, 0.05) is 19.6 Å². The molecule has 0 bridgehead atoms. The zero-order chi connectivity index (χ0) is 12.8. The van der Waals surface area contributed by atoms with E-state index in [1.807, 2.05) is 38.1 Å². The van der Waals surface area contributed by atoms with Gasteiger partial charge in [0.1, 0.15) is 5.75 Å². The van der Waals surface area contributed by atoms with Crippen LogP contribution in [0.4, 0.5) is 0 Å². The lowest BCUT2D eigenvalue weighted by Crippen LogP contribution is -2.42. The summed E-state index contributed by atoms with van der Waals surface area (Å²) < 4.78 is 5.43. The Labute approximate surface area is 115 Å². The van der Waals surface area contributed by atoms with Crippen molar-refractivity contribution in [3.05, 3.63) is 29.8 Å². The summed E-state index contributed by atoms with van der Waals surface area (Å²) in [5.41, 5.74) is 6.61. The second-order valence-electron chi connectivity index (χ2n) is 4.19. The van der Waals surface area contributed by atoms with Gasteiger partial charge < -0.3 is 15.4 Å². The zero-order valence-electron chi connectivity index (χ0n) is 11.1. The van der Waals surface area contributed by atoms with E-state index in [1.165, 1.54) is 0 Å². The van der Waals surface area contributed by atoms with Gasteiger partial charge in [0.05, 0.1) is 0 Å². The summed E-state index contributed by atoms with van der Waals surface area (Å²) in [4.78, 5) is 13.4. The first kappa shape index (κ1) is 16.7. The van der Waals surface area contributed by atoms with Gasteiger partial charge in [0.2, 0.25) is 0 Å². The van der Waals surface area contributed by atoms with Crippen LogP contribution in [0.15, 0.2) is 24.3 Å². The molecule has 1 atom stereocenters. The number of carbonyl (C=O) groups excluding carboxylic acids is 1. The number of aryl methyl sites for hydroxylation is 1. The second-order valence-corrected chi connectivity index (χ2v) is 4.19. The van der Waals surface area contributed by atoms with Crippen LogP contribution in [0.5, 0.6) is 5.75 Å². The molecular formula is C13H21ClN2O2. The molecule has 1 aromatic rings. The number of amides is 1. The van der Waals surface area contributed by atoms with Gasteiger partial charge in [-0.2, -0.15) is 0 Å². The van der Waals surface area contributed by atoms with Crippen molar-refractivity contribution < 1.29 is 9.53 Å². The summed E-state index contributed by atoms with van der Waals surface area (Å²) in [6.07, 6.45) is 0. The summed E-state index contributed by atoms with van der Waals surface area (Å²) in [5, 5.41) is 0. The molecule has 0 radical (unpaired) electrons. The predicted octanol–water partition coefficient (Wildman–Crippen LogP) is 1.60. The van der Waals surface area contributed by atoms with Gasteiger partial charge in [0.15, 0.2) is 6.61 Å². The highest BCUT2D eigenvalue weighted by Crippen LogP contribution is 2.12. The summed E-state index contributed by atoms with van der Waals surface area (Å²) in [7, 11) is 1.74. The first-order chi connectivity index (χ1) is 8.04. The lowest BCUT2D eigenvalue weighted by Gasteiger charge is -2.23. The smallest absolute Gasteiger partial charge is 0.260 e. The highest BCUT2D eigenvalue weighted by molar-refractivity contribution is 5.85. The average Bonchev–Trinajstić information content (AvgIpc) is 2.34. The quantitative estimate of drug-likeness (QED) is 0.886. The molecule has 0 fully saturated rings. The van der Waals surface area contributed by atoms with Crippen molar-refractivity contribution in [3.63, 3.8) is 0 Å². The number of hydrogen-bond donors (Lipinski definition) is 1. The topological polar surface area (TPSA) is 55.6 Å². The molecule has 5 heteroatoms. The number of rotatable bonds is 5. The molecule has 0 aliphatic heterocycles. The fourth-order valence-electron chi connectivity index (χ4n) is 1.36. The molecule has 4 nitrogen and oxygen atoms in total.